The number of rotatable bonds is 6. The van der Waals surface area contributed by atoms with Crippen molar-refractivity contribution >= 4 is 11.9 Å². The number of benzene rings is 1. The molecule has 1 aliphatic rings. The van der Waals surface area contributed by atoms with Gasteiger partial charge in [-0.15, -0.1) is 0 Å². The van der Waals surface area contributed by atoms with Crippen LogP contribution >= 0.6 is 0 Å². The Morgan fingerprint density at radius 1 is 1.41 bits per heavy atom. The van der Waals surface area contributed by atoms with Gasteiger partial charge in [0.2, 0.25) is 5.91 Å². The highest BCUT2D eigenvalue weighted by Crippen LogP contribution is 2.16. The minimum Gasteiger partial charge on any atom is -0.466 e. The van der Waals surface area contributed by atoms with Gasteiger partial charge in [-0.2, -0.15) is 0 Å². The Bertz CT molecular complexity index is 530. The summed E-state index contributed by atoms with van der Waals surface area (Å²) in [7, 11) is 0. The topological polar surface area (TPSA) is 58.6 Å². The molecule has 0 aromatic heterocycles. The molecule has 0 radical (unpaired) electrons. The van der Waals surface area contributed by atoms with Gasteiger partial charge in [0.25, 0.3) is 0 Å². The first-order chi connectivity index (χ1) is 10.6. The number of hydrogen-bond acceptors (Lipinski definition) is 4. The predicted molar refractivity (Wildman–Crippen MR) is 84.3 cm³/mol. The zero-order chi connectivity index (χ0) is 15.9. The van der Waals surface area contributed by atoms with E-state index in [-0.39, 0.29) is 18.3 Å². The standard InChI is InChI=1S/C17H24N2O3/c1-3-10-22-16(20)11-15-17(21)18-8-9-19(15)12-14-7-5-4-6-13(14)2/h4-7,15H,3,8-12H2,1-2H3,(H,18,21)/t15-/m0/s1. The van der Waals surface area contributed by atoms with Crippen molar-refractivity contribution in [3.63, 3.8) is 0 Å². The molecule has 1 amide bonds. The number of esters is 1. The second-order valence-electron chi connectivity index (χ2n) is 5.63. The van der Waals surface area contributed by atoms with E-state index in [1.165, 1.54) is 11.1 Å². The van der Waals surface area contributed by atoms with Crippen LogP contribution in [0, 0.1) is 6.92 Å². The highest BCUT2D eigenvalue weighted by atomic mass is 16.5. The number of nitrogens with one attached hydrogen (secondary N) is 1. The van der Waals surface area contributed by atoms with Crippen LogP contribution in [-0.4, -0.2) is 42.5 Å². The number of carbonyl (C=O) groups is 2. The van der Waals surface area contributed by atoms with Crippen molar-refractivity contribution < 1.29 is 14.3 Å². The highest BCUT2D eigenvalue weighted by Gasteiger charge is 2.32. The molecule has 1 aromatic carbocycles. The number of piperazine rings is 1. The van der Waals surface area contributed by atoms with Gasteiger partial charge in [0.15, 0.2) is 0 Å². The summed E-state index contributed by atoms with van der Waals surface area (Å²) >= 11 is 0. The van der Waals surface area contributed by atoms with Crippen LogP contribution in [0.1, 0.15) is 30.9 Å². The number of carbonyl (C=O) groups excluding carboxylic acids is 2. The first-order valence-corrected chi connectivity index (χ1v) is 7.83. The molecule has 1 atom stereocenters. The maximum atomic E-state index is 12.1. The predicted octanol–water partition coefficient (Wildman–Crippen LogP) is 1.64. The minimum atomic E-state index is -0.447. The third-order valence-corrected chi connectivity index (χ3v) is 3.90. The average molecular weight is 304 g/mol. The summed E-state index contributed by atoms with van der Waals surface area (Å²) in [6, 6.07) is 7.67. The van der Waals surface area contributed by atoms with E-state index in [0.29, 0.717) is 19.7 Å². The van der Waals surface area contributed by atoms with Crippen LogP contribution in [0.3, 0.4) is 0 Å². The minimum absolute atomic E-state index is 0.0896. The second-order valence-corrected chi connectivity index (χ2v) is 5.63. The van der Waals surface area contributed by atoms with E-state index in [4.69, 9.17) is 4.74 Å². The molecule has 0 saturated carbocycles. The van der Waals surface area contributed by atoms with E-state index in [2.05, 4.69) is 29.3 Å². The fourth-order valence-electron chi connectivity index (χ4n) is 2.61. The van der Waals surface area contributed by atoms with Crippen molar-refractivity contribution in [1.29, 1.82) is 0 Å². The largest absolute Gasteiger partial charge is 0.466 e. The second kappa shape index (κ2) is 7.94. The number of nitrogens with zero attached hydrogens (tertiary/aromatic N) is 1. The summed E-state index contributed by atoms with van der Waals surface area (Å²) in [5.41, 5.74) is 2.38. The molecule has 0 spiro atoms. The fraction of sp³-hybridized carbons (Fsp3) is 0.529. The van der Waals surface area contributed by atoms with Crippen molar-refractivity contribution in [2.45, 2.75) is 39.3 Å². The van der Waals surface area contributed by atoms with E-state index in [9.17, 15) is 9.59 Å². The number of ether oxygens (including phenoxy) is 1. The molecular weight excluding hydrogens is 280 g/mol. The van der Waals surface area contributed by atoms with Crippen molar-refractivity contribution in [2.75, 3.05) is 19.7 Å². The normalized spacial score (nSPS) is 18.8. The van der Waals surface area contributed by atoms with Crippen LogP contribution in [0.2, 0.25) is 0 Å². The summed E-state index contributed by atoms with van der Waals surface area (Å²) in [6.07, 6.45) is 0.896. The van der Waals surface area contributed by atoms with E-state index >= 15 is 0 Å². The van der Waals surface area contributed by atoms with Gasteiger partial charge in [-0.25, -0.2) is 0 Å². The van der Waals surface area contributed by atoms with Crippen LogP contribution in [0.5, 0.6) is 0 Å². The summed E-state index contributed by atoms with van der Waals surface area (Å²) in [5, 5.41) is 2.84. The molecule has 1 heterocycles. The van der Waals surface area contributed by atoms with Gasteiger partial charge in [0.1, 0.15) is 6.04 Å². The van der Waals surface area contributed by atoms with E-state index in [1.807, 2.05) is 19.1 Å². The van der Waals surface area contributed by atoms with Crippen LogP contribution < -0.4 is 5.32 Å². The Labute approximate surface area is 131 Å². The molecule has 1 aromatic rings. The fourth-order valence-corrected chi connectivity index (χ4v) is 2.61. The quantitative estimate of drug-likeness (QED) is 0.812. The molecule has 5 heteroatoms. The molecule has 0 unspecified atom stereocenters. The molecule has 120 valence electrons. The van der Waals surface area contributed by atoms with Gasteiger partial charge in [-0.1, -0.05) is 31.2 Å². The van der Waals surface area contributed by atoms with Crippen molar-refractivity contribution in [1.82, 2.24) is 10.2 Å². The van der Waals surface area contributed by atoms with E-state index < -0.39 is 6.04 Å². The van der Waals surface area contributed by atoms with Gasteiger partial charge in [-0.3, -0.25) is 14.5 Å². The smallest absolute Gasteiger partial charge is 0.307 e. The van der Waals surface area contributed by atoms with Crippen molar-refractivity contribution in [3.05, 3.63) is 35.4 Å². The summed E-state index contributed by atoms with van der Waals surface area (Å²) in [4.78, 5) is 26.0. The van der Waals surface area contributed by atoms with Crippen molar-refractivity contribution in [2.24, 2.45) is 0 Å². The lowest BCUT2D eigenvalue weighted by molar-refractivity contribution is -0.148. The Kier molecular flexibility index (Phi) is 5.95. The van der Waals surface area contributed by atoms with E-state index in [0.717, 1.165) is 13.0 Å². The summed E-state index contributed by atoms with van der Waals surface area (Å²) in [6.45, 7) is 6.45. The molecule has 22 heavy (non-hydrogen) atoms. The molecular formula is C17H24N2O3. The maximum absolute atomic E-state index is 12.1. The Balaban J connectivity index is 2.05. The number of hydrogen-bond donors (Lipinski definition) is 1. The monoisotopic (exact) mass is 304 g/mol. The lowest BCUT2D eigenvalue weighted by Crippen LogP contribution is -2.55. The number of aryl methyl sites for hydroxylation is 1. The lowest BCUT2D eigenvalue weighted by Gasteiger charge is -2.34. The average Bonchev–Trinajstić information content (AvgIpc) is 2.51. The van der Waals surface area contributed by atoms with Crippen molar-refractivity contribution in [3.8, 4) is 0 Å². The third kappa shape index (κ3) is 4.31. The first-order valence-electron chi connectivity index (χ1n) is 7.83. The van der Waals surface area contributed by atoms with Gasteiger partial charge in [-0.05, 0) is 24.5 Å². The molecule has 0 bridgehead atoms. The van der Waals surface area contributed by atoms with Gasteiger partial charge in [0, 0.05) is 19.6 Å². The third-order valence-electron chi connectivity index (χ3n) is 3.90. The Morgan fingerprint density at radius 2 is 2.18 bits per heavy atom. The van der Waals surface area contributed by atoms with Crippen LogP contribution in [0.25, 0.3) is 0 Å². The lowest BCUT2D eigenvalue weighted by atomic mass is 10.0. The van der Waals surface area contributed by atoms with Gasteiger partial charge in [0.05, 0.1) is 13.0 Å². The molecule has 1 fully saturated rings. The molecule has 5 nitrogen and oxygen atoms in total. The summed E-state index contributed by atoms with van der Waals surface area (Å²) in [5.74, 6) is -0.396. The van der Waals surface area contributed by atoms with Gasteiger partial charge < -0.3 is 10.1 Å². The maximum Gasteiger partial charge on any atom is 0.307 e. The van der Waals surface area contributed by atoms with Gasteiger partial charge >= 0.3 is 5.97 Å². The number of amides is 1. The Hall–Kier alpha value is -1.88. The van der Waals surface area contributed by atoms with Crippen LogP contribution in [0.15, 0.2) is 24.3 Å². The van der Waals surface area contributed by atoms with E-state index in [1.54, 1.807) is 0 Å². The molecule has 1 N–H and O–H groups in total. The molecule has 2 rings (SSSR count). The molecule has 0 aliphatic carbocycles. The SMILES string of the molecule is CCCOC(=O)C[C@H]1C(=O)NCCN1Cc1ccccc1C. The first kappa shape index (κ1) is 16.5. The van der Waals surface area contributed by atoms with Crippen LogP contribution in [-0.2, 0) is 20.9 Å². The summed E-state index contributed by atoms with van der Waals surface area (Å²) < 4.78 is 5.12. The molecule has 1 saturated heterocycles. The van der Waals surface area contributed by atoms with Crippen LogP contribution in [0.4, 0.5) is 0 Å². The zero-order valence-corrected chi connectivity index (χ0v) is 13.3. The highest BCUT2D eigenvalue weighted by molar-refractivity contribution is 5.87. The Morgan fingerprint density at radius 3 is 2.91 bits per heavy atom. The zero-order valence-electron chi connectivity index (χ0n) is 13.3. The molecule has 1 aliphatic heterocycles.